The van der Waals surface area contributed by atoms with Gasteiger partial charge in [-0.25, -0.2) is 4.68 Å². The van der Waals surface area contributed by atoms with Crippen molar-refractivity contribution in [1.82, 2.24) is 9.78 Å². The Bertz CT molecular complexity index is 1030. The van der Waals surface area contributed by atoms with Crippen LogP contribution in [0.2, 0.25) is 0 Å². The molecule has 0 N–H and O–H groups in total. The van der Waals surface area contributed by atoms with Gasteiger partial charge in [0.15, 0.2) is 11.5 Å². The topological polar surface area (TPSA) is 73.7 Å². The lowest BCUT2D eigenvalue weighted by Gasteiger charge is -2.19. The standard InChI is InChI=1S/C21H21N3O4/c1-23(16-9-11-18(27-2)19(13-16)28-3)21(26)14-24-20(25)12-10-17(22-24)15-7-5-4-6-8-15/h4-13H,14H2,1-3H3. The molecule has 3 aromatic rings. The summed E-state index contributed by atoms with van der Waals surface area (Å²) >= 11 is 0. The molecule has 0 fully saturated rings. The van der Waals surface area contributed by atoms with E-state index in [1.807, 2.05) is 30.3 Å². The van der Waals surface area contributed by atoms with Crippen molar-refractivity contribution in [3.05, 3.63) is 71.0 Å². The Labute approximate surface area is 162 Å². The van der Waals surface area contributed by atoms with Gasteiger partial charge in [-0.15, -0.1) is 0 Å². The van der Waals surface area contributed by atoms with Gasteiger partial charge in [0.05, 0.1) is 19.9 Å². The number of nitrogens with zero attached hydrogens (tertiary/aromatic N) is 3. The summed E-state index contributed by atoms with van der Waals surface area (Å²) in [6.45, 7) is -0.176. The Balaban J connectivity index is 1.84. The molecule has 1 amide bonds. The molecule has 144 valence electrons. The van der Waals surface area contributed by atoms with Gasteiger partial charge in [0.2, 0.25) is 5.91 Å². The highest BCUT2D eigenvalue weighted by Crippen LogP contribution is 2.31. The molecule has 0 saturated carbocycles. The van der Waals surface area contributed by atoms with Crippen molar-refractivity contribution >= 4 is 11.6 Å². The van der Waals surface area contributed by atoms with Gasteiger partial charge in [-0.05, 0) is 18.2 Å². The van der Waals surface area contributed by atoms with Gasteiger partial charge < -0.3 is 14.4 Å². The number of hydrogen-bond donors (Lipinski definition) is 0. The van der Waals surface area contributed by atoms with Crippen LogP contribution in [0.15, 0.2) is 65.5 Å². The molecule has 7 nitrogen and oxygen atoms in total. The molecule has 1 aromatic heterocycles. The molecule has 0 radical (unpaired) electrons. The average molecular weight is 379 g/mol. The van der Waals surface area contributed by atoms with E-state index in [4.69, 9.17) is 9.47 Å². The van der Waals surface area contributed by atoms with Gasteiger partial charge in [-0.1, -0.05) is 30.3 Å². The van der Waals surface area contributed by atoms with Crippen molar-refractivity contribution in [3.8, 4) is 22.8 Å². The predicted molar refractivity (Wildman–Crippen MR) is 107 cm³/mol. The molecular weight excluding hydrogens is 358 g/mol. The molecule has 0 atom stereocenters. The second kappa shape index (κ2) is 8.39. The third-order valence-corrected chi connectivity index (χ3v) is 4.35. The van der Waals surface area contributed by atoms with Crippen LogP contribution in [0.4, 0.5) is 5.69 Å². The predicted octanol–water partition coefficient (Wildman–Crippen LogP) is 2.59. The minimum absolute atomic E-state index is 0.176. The number of rotatable bonds is 6. The van der Waals surface area contributed by atoms with E-state index in [1.54, 1.807) is 38.4 Å². The minimum atomic E-state index is -0.339. The van der Waals surface area contributed by atoms with Gasteiger partial charge >= 0.3 is 0 Å². The highest BCUT2D eigenvalue weighted by Gasteiger charge is 2.16. The lowest BCUT2D eigenvalue weighted by atomic mass is 10.1. The van der Waals surface area contributed by atoms with Gasteiger partial charge in [-0.3, -0.25) is 9.59 Å². The van der Waals surface area contributed by atoms with Crippen LogP contribution in [0.1, 0.15) is 0 Å². The van der Waals surface area contributed by atoms with E-state index in [9.17, 15) is 9.59 Å². The fourth-order valence-corrected chi connectivity index (χ4v) is 2.74. The first kappa shape index (κ1) is 19.2. The normalized spacial score (nSPS) is 10.4. The molecule has 0 saturated heterocycles. The van der Waals surface area contributed by atoms with Crippen LogP contribution >= 0.6 is 0 Å². The summed E-state index contributed by atoms with van der Waals surface area (Å²) in [4.78, 5) is 26.3. The summed E-state index contributed by atoms with van der Waals surface area (Å²) in [6, 6.07) is 17.7. The van der Waals surface area contributed by atoms with Crippen LogP contribution in [0.25, 0.3) is 11.3 Å². The molecule has 2 aromatic carbocycles. The SMILES string of the molecule is COc1ccc(N(C)C(=O)Cn2nc(-c3ccccc3)ccc2=O)cc1OC. The maximum Gasteiger partial charge on any atom is 0.267 e. The summed E-state index contributed by atoms with van der Waals surface area (Å²) in [5.41, 5.74) is 1.78. The summed E-state index contributed by atoms with van der Waals surface area (Å²) in [5, 5.41) is 4.33. The summed E-state index contributed by atoms with van der Waals surface area (Å²) < 4.78 is 11.7. The number of anilines is 1. The van der Waals surface area contributed by atoms with Crippen molar-refractivity contribution in [3.63, 3.8) is 0 Å². The average Bonchev–Trinajstić information content (AvgIpc) is 2.74. The van der Waals surface area contributed by atoms with Gasteiger partial charge in [0, 0.05) is 30.4 Å². The third kappa shape index (κ3) is 4.03. The zero-order valence-electron chi connectivity index (χ0n) is 16.0. The van der Waals surface area contributed by atoms with E-state index in [2.05, 4.69) is 5.10 Å². The second-order valence-corrected chi connectivity index (χ2v) is 6.07. The van der Waals surface area contributed by atoms with E-state index in [0.29, 0.717) is 22.9 Å². The number of hydrogen-bond acceptors (Lipinski definition) is 5. The molecule has 0 aliphatic heterocycles. The maximum atomic E-state index is 12.7. The number of aromatic nitrogens is 2. The number of benzene rings is 2. The minimum Gasteiger partial charge on any atom is -0.493 e. The summed E-state index contributed by atoms with van der Waals surface area (Å²) in [7, 11) is 4.71. The van der Waals surface area contributed by atoms with Crippen LogP contribution in [0.3, 0.4) is 0 Å². The fourth-order valence-electron chi connectivity index (χ4n) is 2.74. The number of ether oxygens (including phenoxy) is 2. The Morgan fingerprint density at radius 2 is 1.71 bits per heavy atom. The molecule has 0 bridgehead atoms. The first-order valence-corrected chi connectivity index (χ1v) is 8.65. The molecular formula is C21H21N3O4. The van der Waals surface area contributed by atoms with E-state index in [-0.39, 0.29) is 18.0 Å². The zero-order valence-corrected chi connectivity index (χ0v) is 16.0. The summed E-state index contributed by atoms with van der Waals surface area (Å²) in [5.74, 6) is 0.800. The lowest BCUT2D eigenvalue weighted by molar-refractivity contribution is -0.119. The van der Waals surface area contributed by atoms with Gasteiger partial charge in [0.25, 0.3) is 5.56 Å². The third-order valence-electron chi connectivity index (χ3n) is 4.35. The first-order chi connectivity index (χ1) is 13.5. The number of amides is 1. The van der Waals surface area contributed by atoms with Crippen LogP contribution in [-0.2, 0) is 11.3 Å². The molecule has 28 heavy (non-hydrogen) atoms. The van der Waals surface area contributed by atoms with Crippen molar-refractivity contribution in [2.24, 2.45) is 0 Å². The van der Waals surface area contributed by atoms with Crippen molar-refractivity contribution in [2.75, 3.05) is 26.2 Å². The van der Waals surface area contributed by atoms with Crippen LogP contribution in [-0.4, -0.2) is 37.0 Å². The molecule has 7 heteroatoms. The first-order valence-electron chi connectivity index (χ1n) is 8.65. The van der Waals surface area contributed by atoms with Crippen LogP contribution in [0.5, 0.6) is 11.5 Å². The van der Waals surface area contributed by atoms with Crippen molar-refractivity contribution < 1.29 is 14.3 Å². The number of carbonyl (C=O) groups excluding carboxylic acids is 1. The molecule has 0 aliphatic carbocycles. The molecule has 1 heterocycles. The van der Waals surface area contributed by atoms with E-state index in [1.165, 1.54) is 22.8 Å². The highest BCUT2D eigenvalue weighted by molar-refractivity contribution is 5.93. The maximum absolute atomic E-state index is 12.7. The fraction of sp³-hybridized carbons (Fsp3) is 0.190. The number of methoxy groups -OCH3 is 2. The van der Waals surface area contributed by atoms with Crippen LogP contribution < -0.4 is 19.9 Å². The largest absolute Gasteiger partial charge is 0.493 e. The Hall–Kier alpha value is -3.61. The van der Waals surface area contributed by atoms with Crippen molar-refractivity contribution in [2.45, 2.75) is 6.54 Å². The van der Waals surface area contributed by atoms with Crippen molar-refractivity contribution in [1.29, 1.82) is 0 Å². The number of likely N-dealkylation sites (N-methyl/N-ethyl adjacent to an activating group) is 1. The van der Waals surface area contributed by atoms with Gasteiger partial charge in [-0.2, -0.15) is 5.10 Å². The monoisotopic (exact) mass is 379 g/mol. The summed E-state index contributed by atoms with van der Waals surface area (Å²) in [6.07, 6.45) is 0. The Kier molecular flexibility index (Phi) is 5.74. The zero-order chi connectivity index (χ0) is 20.1. The lowest BCUT2D eigenvalue weighted by Crippen LogP contribution is -2.35. The molecule has 3 rings (SSSR count). The molecule has 0 aliphatic rings. The second-order valence-electron chi connectivity index (χ2n) is 6.07. The molecule has 0 spiro atoms. The van der Waals surface area contributed by atoms with Crippen LogP contribution in [0, 0.1) is 0 Å². The number of carbonyl (C=O) groups is 1. The molecule has 0 unspecified atom stereocenters. The smallest absolute Gasteiger partial charge is 0.267 e. The quantitative estimate of drug-likeness (QED) is 0.658. The highest BCUT2D eigenvalue weighted by atomic mass is 16.5. The Morgan fingerprint density at radius 1 is 1.00 bits per heavy atom. The van der Waals surface area contributed by atoms with E-state index < -0.39 is 0 Å². The van der Waals surface area contributed by atoms with Gasteiger partial charge in [0.1, 0.15) is 6.54 Å². The van der Waals surface area contributed by atoms with E-state index >= 15 is 0 Å². The van der Waals surface area contributed by atoms with E-state index in [0.717, 1.165) is 5.56 Å². The Morgan fingerprint density at radius 3 is 2.39 bits per heavy atom.